The second kappa shape index (κ2) is 7.39. The lowest BCUT2D eigenvalue weighted by atomic mass is 10.2. The molecule has 0 atom stereocenters. The van der Waals surface area contributed by atoms with Gasteiger partial charge in [-0.25, -0.2) is 14.5 Å². The molecule has 0 aromatic heterocycles. The summed E-state index contributed by atoms with van der Waals surface area (Å²) in [5.74, 6) is 5.30. The Morgan fingerprint density at radius 1 is 0.950 bits per heavy atom. The molecule has 0 spiro atoms. The molecule has 0 aliphatic rings. The lowest BCUT2D eigenvalue weighted by molar-refractivity contribution is 0.00412. The Labute approximate surface area is 125 Å². The van der Waals surface area contributed by atoms with Gasteiger partial charge in [-0.2, -0.15) is 0 Å². The van der Waals surface area contributed by atoms with Gasteiger partial charge in [0.1, 0.15) is 11.2 Å². The largest absolute Gasteiger partial charge is 0.443 e. The number of amides is 2. The van der Waals surface area contributed by atoms with E-state index in [-0.39, 0.29) is 12.4 Å². The van der Waals surface area contributed by atoms with Crippen molar-refractivity contribution in [2.75, 3.05) is 12.4 Å². The van der Waals surface area contributed by atoms with Crippen LogP contribution < -0.4 is 0 Å². The fourth-order valence-corrected chi connectivity index (χ4v) is 1.11. The fourth-order valence-electron chi connectivity index (χ4n) is 1.02. The molecule has 2 amide bonds. The topological polar surface area (TPSA) is 55.8 Å². The molecule has 0 saturated heterocycles. The molecule has 20 heavy (non-hydrogen) atoms. The smallest absolute Gasteiger partial charge is 0.420 e. The zero-order chi connectivity index (χ0) is 16.0. The van der Waals surface area contributed by atoms with Crippen LogP contribution in [0.3, 0.4) is 0 Å². The maximum absolute atomic E-state index is 12.0. The standard InChI is InChI=1S/C14H22ClNO4/c1-13(2,3)19-11(17)16(10-8-7-9-15)12(18)20-14(4,5)6/h9-10H2,1-6H3. The third-order valence-corrected chi connectivity index (χ3v) is 1.79. The van der Waals surface area contributed by atoms with Gasteiger partial charge >= 0.3 is 12.2 Å². The predicted molar refractivity (Wildman–Crippen MR) is 77.7 cm³/mol. The van der Waals surface area contributed by atoms with E-state index in [2.05, 4.69) is 11.8 Å². The van der Waals surface area contributed by atoms with Crippen LogP contribution in [0, 0.1) is 11.8 Å². The Balaban J connectivity index is 4.98. The fraction of sp³-hybridized carbons (Fsp3) is 0.714. The second-order valence-electron chi connectivity index (χ2n) is 6.03. The van der Waals surface area contributed by atoms with Crippen LogP contribution in [0.2, 0.25) is 0 Å². The number of hydrogen-bond acceptors (Lipinski definition) is 4. The van der Waals surface area contributed by atoms with E-state index in [1.165, 1.54) is 0 Å². The first kappa shape index (κ1) is 18.6. The van der Waals surface area contributed by atoms with Crippen molar-refractivity contribution >= 4 is 23.8 Å². The Kier molecular flexibility index (Phi) is 6.87. The Hall–Kier alpha value is -1.41. The van der Waals surface area contributed by atoms with E-state index in [0.717, 1.165) is 4.90 Å². The van der Waals surface area contributed by atoms with E-state index in [0.29, 0.717) is 0 Å². The molecular weight excluding hydrogens is 282 g/mol. The molecular formula is C14H22ClNO4. The Morgan fingerprint density at radius 2 is 1.35 bits per heavy atom. The predicted octanol–water partition coefficient (Wildman–Crippen LogP) is 3.40. The summed E-state index contributed by atoms with van der Waals surface area (Å²) < 4.78 is 10.3. The molecule has 0 N–H and O–H groups in total. The number of nitrogens with zero attached hydrogens (tertiary/aromatic N) is 1. The first-order valence-corrected chi connectivity index (χ1v) is 6.75. The van der Waals surface area contributed by atoms with Gasteiger partial charge in [-0.1, -0.05) is 11.8 Å². The van der Waals surface area contributed by atoms with Gasteiger partial charge in [-0.3, -0.25) is 0 Å². The van der Waals surface area contributed by atoms with E-state index in [4.69, 9.17) is 21.1 Å². The van der Waals surface area contributed by atoms with Crippen molar-refractivity contribution in [1.82, 2.24) is 4.90 Å². The normalized spacial score (nSPS) is 11.2. The van der Waals surface area contributed by atoms with Gasteiger partial charge < -0.3 is 9.47 Å². The molecule has 0 aromatic carbocycles. The van der Waals surface area contributed by atoms with Gasteiger partial charge in [0.15, 0.2) is 0 Å². The zero-order valence-electron chi connectivity index (χ0n) is 12.9. The minimum absolute atomic E-state index is 0.122. The van der Waals surface area contributed by atoms with Crippen molar-refractivity contribution in [3.05, 3.63) is 0 Å². The SMILES string of the molecule is CC(C)(C)OC(=O)N(CC#CCCl)C(=O)OC(C)(C)C. The second-order valence-corrected chi connectivity index (χ2v) is 6.30. The van der Waals surface area contributed by atoms with Crippen molar-refractivity contribution in [1.29, 1.82) is 0 Å². The van der Waals surface area contributed by atoms with Gasteiger partial charge in [0.2, 0.25) is 0 Å². The summed E-state index contributed by atoms with van der Waals surface area (Å²) in [7, 11) is 0. The van der Waals surface area contributed by atoms with Gasteiger partial charge in [-0.15, -0.1) is 11.6 Å². The van der Waals surface area contributed by atoms with Crippen LogP contribution in [-0.4, -0.2) is 40.7 Å². The molecule has 0 rings (SSSR count). The quantitative estimate of drug-likeness (QED) is 0.550. The van der Waals surface area contributed by atoms with E-state index < -0.39 is 23.4 Å². The van der Waals surface area contributed by atoms with E-state index in [1.54, 1.807) is 41.5 Å². The maximum atomic E-state index is 12.0. The summed E-state index contributed by atoms with van der Waals surface area (Å²) in [4.78, 5) is 24.8. The molecule has 0 fully saturated rings. The number of imide groups is 1. The van der Waals surface area contributed by atoms with Crippen LogP contribution in [0.15, 0.2) is 0 Å². The number of hydrogen-bond donors (Lipinski definition) is 0. The van der Waals surface area contributed by atoms with Crippen molar-refractivity contribution in [3.8, 4) is 11.8 Å². The minimum atomic E-state index is -0.796. The zero-order valence-corrected chi connectivity index (χ0v) is 13.6. The summed E-state index contributed by atoms with van der Waals surface area (Å²) in [6, 6.07) is 0. The average molecular weight is 304 g/mol. The van der Waals surface area contributed by atoms with Gasteiger partial charge in [-0.05, 0) is 41.5 Å². The van der Waals surface area contributed by atoms with Crippen molar-refractivity contribution in [2.45, 2.75) is 52.7 Å². The summed E-state index contributed by atoms with van der Waals surface area (Å²) in [6.45, 7) is 10.1. The van der Waals surface area contributed by atoms with Crippen LogP contribution in [0.1, 0.15) is 41.5 Å². The van der Waals surface area contributed by atoms with Crippen molar-refractivity contribution < 1.29 is 19.1 Å². The first-order valence-electron chi connectivity index (χ1n) is 6.21. The van der Waals surface area contributed by atoms with Crippen LogP contribution >= 0.6 is 11.6 Å². The molecule has 0 unspecified atom stereocenters. The minimum Gasteiger partial charge on any atom is -0.443 e. The molecule has 0 radical (unpaired) electrons. The number of carbonyl (C=O) groups excluding carboxylic acids is 2. The van der Waals surface area contributed by atoms with E-state index in [1.807, 2.05) is 0 Å². The third-order valence-electron chi connectivity index (χ3n) is 1.66. The Morgan fingerprint density at radius 3 is 1.65 bits per heavy atom. The summed E-state index contributed by atoms with van der Waals surface area (Å²) >= 11 is 5.43. The lowest BCUT2D eigenvalue weighted by Crippen LogP contribution is -2.43. The molecule has 0 aliphatic carbocycles. The van der Waals surface area contributed by atoms with Crippen LogP contribution in [0.5, 0.6) is 0 Å². The molecule has 5 nitrogen and oxygen atoms in total. The highest BCUT2D eigenvalue weighted by atomic mass is 35.5. The maximum Gasteiger partial charge on any atom is 0.420 e. The monoisotopic (exact) mass is 303 g/mol. The summed E-state index contributed by atoms with van der Waals surface area (Å²) in [5, 5.41) is 0. The molecule has 0 aromatic rings. The van der Waals surface area contributed by atoms with Gasteiger partial charge in [0.25, 0.3) is 0 Å². The van der Waals surface area contributed by atoms with Crippen LogP contribution in [-0.2, 0) is 9.47 Å². The average Bonchev–Trinajstić information content (AvgIpc) is 2.18. The van der Waals surface area contributed by atoms with Crippen molar-refractivity contribution in [2.24, 2.45) is 0 Å². The van der Waals surface area contributed by atoms with E-state index >= 15 is 0 Å². The van der Waals surface area contributed by atoms with Crippen LogP contribution in [0.25, 0.3) is 0 Å². The highest BCUT2D eigenvalue weighted by Gasteiger charge is 2.30. The number of carbonyl (C=O) groups is 2. The lowest BCUT2D eigenvalue weighted by Gasteiger charge is -2.27. The third kappa shape index (κ3) is 8.65. The Bertz CT molecular complexity index is 382. The van der Waals surface area contributed by atoms with Gasteiger partial charge in [0.05, 0.1) is 12.4 Å². The summed E-state index contributed by atoms with van der Waals surface area (Å²) in [5.41, 5.74) is -1.42. The molecule has 114 valence electrons. The number of alkyl halides is 1. The number of halogens is 1. The van der Waals surface area contributed by atoms with Gasteiger partial charge in [0, 0.05) is 0 Å². The molecule has 6 heteroatoms. The van der Waals surface area contributed by atoms with E-state index in [9.17, 15) is 9.59 Å². The molecule has 0 bridgehead atoms. The van der Waals surface area contributed by atoms with Crippen LogP contribution in [0.4, 0.5) is 9.59 Å². The first-order chi connectivity index (χ1) is 8.96. The molecule has 0 aliphatic heterocycles. The molecule has 0 heterocycles. The number of ether oxygens (including phenoxy) is 2. The summed E-state index contributed by atoms with van der Waals surface area (Å²) in [6.07, 6.45) is -1.59. The number of rotatable bonds is 1. The highest BCUT2D eigenvalue weighted by Crippen LogP contribution is 2.14. The molecule has 0 saturated carbocycles. The van der Waals surface area contributed by atoms with Crippen molar-refractivity contribution in [3.63, 3.8) is 0 Å². The highest BCUT2D eigenvalue weighted by molar-refractivity contribution is 6.19.